The first-order valence-electron chi connectivity index (χ1n) is 7.60. The van der Waals surface area contributed by atoms with Crippen LogP contribution >= 0.6 is 0 Å². The van der Waals surface area contributed by atoms with Crippen LogP contribution in [0.4, 0.5) is 0 Å². The summed E-state index contributed by atoms with van der Waals surface area (Å²) in [5.41, 5.74) is 0.980. The van der Waals surface area contributed by atoms with Crippen molar-refractivity contribution < 1.29 is 14.4 Å². The monoisotopic (exact) mass is 300 g/mol. The predicted molar refractivity (Wildman–Crippen MR) is 81.5 cm³/mol. The van der Waals surface area contributed by atoms with Gasteiger partial charge in [-0.05, 0) is 18.4 Å². The largest absolute Gasteiger partial charge is 0.481 e. The Hall–Kier alpha value is -2.14. The van der Waals surface area contributed by atoms with Crippen LogP contribution in [0.25, 0.3) is 0 Å². The molecular weight excluding hydrogens is 280 g/mol. The van der Waals surface area contributed by atoms with Crippen molar-refractivity contribution in [3.63, 3.8) is 0 Å². The molecule has 1 aliphatic heterocycles. The fourth-order valence-electron chi connectivity index (χ4n) is 3.13. The van der Waals surface area contributed by atoms with Crippen LogP contribution in [-0.4, -0.2) is 34.2 Å². The third kappa shape index (κ3) is 2.64. The Morgan fingerprint density at radius 3 is 2.82 bits per heavy atom. The molecule has 3 rings (SSSR count). The molecule has 0 radical (unpaired) electrons. The molecule has 1 atom stereocenters. The molecule has 2 heterocycles. The maximum atomic E-state index is 11.9. The summed E-state index contributed by atoms with van der Waals surface area (Å²) in [5.74, 6) is 0.0408. The zero-order chi connectivity index (χ0) is 15.6. The number of benzene rings is 1. The van der Waals surface area contributed by atoms with Gasteiger partial charge in [0.15, 0.2) is 5.76 Å². The summed E-state index contributed by atoms with van der Waals surface area (Å²) in [6.45, 7) is 3.87. The number of carboxylic acid groups (broad SMARTS) is 1. The van der Waals surface area contributed by atoms with E-state index in [1.165, 1.54) is 0 Å². The van der Waals surface area contributed by atoms with Crippen LogP contribution < -0.4 is 0 Å². The smallest absolute Gasteiger partial charge is 0.315 e. The van der Waals surface area contributed by atoms with E-state index in [-0.39, 0.29) is 0 Å². The van der Waals surface area contributed by atoms with Gasteiger partial charge in [0.25, 0.3) is 0 Å². The van der Waals surface area contributed by atoms with Gasteiger partial charge in [-0.25, -0.2) is 0 Å². The van der Waals surface area contributed by atoms with E-state index in [0.717, 1.165) is 30.0 Å². The van der Waals surface area contributed by atoms with Gasteiger partial charge in [0.2, 0.25) is 0 Å². The standard InChI is InChI=1S/C17H20N2O3/c1-2-14-10-15(22-18-14)11-19-9-8-17(12-19,16(20)21)13-6-4-3-5-7-13/h3-7,10H,2,8-9,11-12H2,1H3,(H,20,21)/t17-/m0/s1. The zero-order valence-electron chi connectivity index (χ0n) is 12.7. The van der Waals surface area contributed by atoms with Crippen molar-refractivity contribution in [3.8, 4) is 0 Å². The number of aromatic nitrogens is 1. The Labute approximate surface area is 129 Å². The summed E-state index contributed by atoms with van der Waals surface area (Å²) in [6.07, 6.45) is 1.45. The molecule has 5 nitrogen and oxygen atoms in total. The van der Waals surface area contributed by atoms with Crippen molar-refractivity contribution in [2.75, 3.05) is 13.1 Å². The highest BCUT2D eigenvalue weighted by Crippen LogP contribution is 2.35. The highest BCUT2D eigenvalue weighted by molar-refractivity contribution is 5.82. The van der Waals surface area contributed by atoms with Crippen molar-refractivity contribution in [2.45, 2.75) is 31.7 Å². The fourth-order valence-corrected chi connectivity index (χ4v) is 3.13. The molecule has 1 N–H and O–H groups in total. The maximum absolute atomic E-state index is 11.9. The van der Waals surface area contributed by atoms with Gasteiger partial charge >= 0.3 is 5.97 Å². The number of nitrogens with zero attached hydrogens (tertiary/aromatic N) is 2. The Kier molecular flexibility index (Phi) is 3.98. The molecule has 0 bridgehead atoms. The Morgan fingerprint density at radius 2 is 2.18 bits per heavy atom. The van der Waals surface area contributed by atoms with Gasteiger partial charge in [-0.15, -0.1) is 0 Å². The van der Waals surface area contributed by atoms with Crippen LogP contribution in [0.5, 0.6) is 0 Å². The van der Waals surface area contributed by atoms with Crippen molar-refractivity contribution in [3.05, 3.63) is 53.4 Å². The van der Waals surface area contributed by atoms with Crippen LogP contribution in [0.2, 0.25) is 0 Å². The summed E-state index contributed by atoms with van der Waals surface area (Å²) in [7, 11) is 0. The Bertz CT molecular complexity index is 653. The van der Waals surface area contributed by atoms with Gasteiger partial charge < -0.3 is 9.63 Å². The molecule has 5 heteroatoms. The van der Waals surface area contributed by atoms with Crippen LogP contribution in [0.3, 0.4) is 0 Å². The van der Waals surface area contributed by atoms with E-state index < -0.39 is 11.4 Å². The molecule has 1 saturated heterocycles. The highest BCUT2D eigenvalue weighted by atomic mass is 16.5. The summed E-state index contributed by atoms with van der Waals surface area (Å²) >= 11 is 0. The molecule has 1 aliphatic rings. The van der Waals surface area contributed by atoms with E-state index in [4.69, 9.17) is 4.52 Å². The average Bonchev–Trinajstić information content (AvgIpc) is 3.16. The van der Waals surface area contributed by atoms with Crippen molar-refractivity contribution in [1.29, 1.82) is 0 Å². The van der Waals surface area contributed by atoms with Gasteiger partial charge in [-0.1, -0.05) is 42.4 Å². The zero-order valence-corrected chi connectivity index (χ0v) is 12.7. The first kappa shape index (κ1) is 14.8. The minimum atomic E-state index is -0.825. The van der Waals surface area contributed by atoms with Crippen LogP contribution in [-0.2, 0) is 23.2 Å². The number of rotatable bonds is 5. The third-order valence-corrected chi connectivity index (χ3v) is 4.43. The van der Waals surface area contributed by atoms with Crippen LogP contribution in [0, 0.1) is 0 Å². The molecule has 0 aliphatic carbocycles. The van der Waals surface area contributed by atoms with Gasteiger partial charge in [0.05, 0.1) is 12.2 Å². The predicted octanol–water partition coefficient (Wildman–Crippen LogP) is 2.47. The lowest BCUT2D eigenvalue weighted by Crippen LogP contribution is -2.38. The first-order chi connectivity index (χ1) is 10.6. The molecule has 0 amide bonds. The maximum Gasteiger partial charge on any atom is 0.315 e. The van der Waals surface area contributed by atoms with Gasteiger partial charge in [0, 0.05) is 19.2 Å². The molecule has 1 aromatic carbocycles. The lowest BCUT2D eigenvalue weighted by Gasteiger charge is -2.25. The number of hydrogen-bond acceptors (Lipinski definition) is 4. The van der Waals surface area contributed by atoms with Gasteiger partial charge in [-0.3, -0.25) is 9.69 Å². The SMILES string of the molecule is CCc1cc(CN2CC[C@@](C(=O)O)(c3ccccc3)C2)on1. The first-order valence-corrected chi connectivity index (χ1v) is 7.60. The molecule has 116 valence electrons. The number of hydrogen-bond donors (Lipinski definition) is 1. The second-order valence-electron chi connectivity index (χ2n) is 5.85. The van der Waals surface area contributed by atoms with E-state index in [1.807, 2.05) is 43.3 Å². The quantitative estimate of drug-likeness (QED) is 0.919. The second kappa shape index (κ2) is 5.93. The minimum Gasteiger partial charge on any atom is -0.481 e. The van der Waals surface area contributed by atoms with Gasteiger partial charge in [-0.2, -0.15) is 0 Å². The van der Waals surface area contributed by atoms with E-state index in [9.17, 15) is 9.90 Å². The fraction of sp³-hybridized carbons (Fsp3) is 0.412. The molecule has 0 saturated carbocycles. The van der Waals surface area contributed by atoms with Crippen molar-refractivity contribution in [2.24, 2.45) is 0 Å². The Morgan fingerprint density at radius 1 is 1.41 bits per heavy atom. The number of likely N-dealkylation sites (tertiary alicyclic amines) is 1. The molecular formula is C17H20N2O3. The topological polar surface area (TPSA) is 66.6 Å². The molecule has 22 heavy (non-hydrogen) atoms. The van der Waals surface area contributed by atoms with E-state index >= 15 is 0 Å². The van der Waals surface area contributed by atoms with E-state index in [1.54, 1.807) is 0 Å². The summed E-state index contributed by atoms with van der Waals surface area (Å²) in [6, 6.07) is 11.5. The number of carbonyl (C=O) groups is 1. The molecule has 1 fully saturated rings. The Balaban J connectivity index is 1.77. The molecule has 0 unspecified atom stereocenters. The molecule has 1 aromatic heterocycles. The van der Waals surface area contributed by atoms with Crippen molar-refractivity contribution in [1.82, 2.24) is 10.1 Å². The van der Waals surface area contributed by atoms with E-state index in [2.05, 4.69) is 10.1 Å². The normalized spacial score (nSPS) is 22.0. The summed E-state index contributed by atoms with van der Waals surface area (Å²) in [4.78, 5) is 14.0. The molecule has 0 spiro atoms. The van der Waals surface area contributed by atoms with Crippen molar-refractivity contribution >= 4 is 5.97 Å². The average molecular weight is 300 g/mol. The van der Waals surface area contributed by atoms with E-state index in [0.29, 0.717) is 19.5 Å². The minimum absolute atomic E-state index is 0.495. The number of aliphatic carboxylic acids is 1. The number of carboxylic acids is 1. The number of aryl methyl sites for hydroxylation is 1. The second-order valence-corrected chi connectivity index (χ2v) is 5.85. The van der Waals surface area contributed by atoms with Crippen LogP contribution in [0.1, 0.15) is 30.4 Å². The lowest BCUT2D eigenvalue weighted by atomic mass is 9.80. The third-order valence-electron chi connectivity index (χ3n) is 4.43. The summed E-state index contributed by atoms with van der Waals surface area (Å²) < 4.78 is 5.31. The molecule has 2 aromatic rings. The lowest BCUT2D eigenvalue weighted by molar-refractivity contribution is -0.143. The summed E-state index contributed by atoms with van der Waals surface area (Å²) in [5, 5.41) is 13.8. The highest BCUT2D eigenvalue weighted by Gasteiger charge is 2.46. The van der Waals surface area contributed by atoms with Crippen LogP contribution in [0.15, 0.2) is 40.9 Å². The van der Waals surface area contributed by atoms with Gasteiger partial charge in [0.1, 0.15) is 5.41 Å².